The van der Waals surface area contributed by atoms with Crippen molar-refractivity contribution in [3.63, 3.8) is 0 Å². The second-order valence-corrected chi connectivity index (χ2v) is 14.7. The number of H-pyrrole nitrogens is 2. The Hall–Kier alpha value is -3.40. The molecule has 2 aromatic heterocycles. The fourth-order valence-electron chi connectivity index (χ4n) is 4.54. The van der Waals surface area contributed by atoms with Crippen LogP contribution in [-0.4, -0.2) is 138 Å². The molecule has 1 unspecified atom stereocenters. The van der Waals surface area contributed by atoms with Gasteiger partial charge >= 0.3 is 21.6 Å². The largest absolute Gasteiger partial charge is 0.480 e. The number of aliphatic hydroxyl groups is 3. The first-order chi connectivity index (χ1) is 25.7. The minimum atomic E-state index is -4.95. The number of hydrogen-bond donors (Lipinski definition) is 13. The lowest BCUT2D eigenvalue weighted by atomic mass is 10.1. The van der Waals surface area contributed by atoms with Gasteiger partial charge in [0, 0.05) is 40.7 Å². The van der Waals surface area contributed by atoms with E-state index in [1.54, 1.807) is 0 Å². The van der Waals surface area contributed by atoms with Gasteiger partial charge in [-0.1, -0.05) is 36.4 Å². The molecular weight excluding hydrogens is 766 g/mol. The van der Waals surface area contributed by atoms with E-state index in [2.05, 4.69) is 86.7 Å². The van der Waals surface area contributed by atoms with Crippen molar-refractivity contribution in [2.75, 3.05) is 46.9 Å². The number of aliphatic hydroxyl groups excluding tert-OH is 3. The monoisotopic (exact) mass is 820 g/mol. The molecule has 0 saturated carbocycles. The molecule has 22 heteroatoms. The van der Waals surface area contributed by atoms with Crippen LogP contribution >= 0.6 is 15.6 Å². The van der Waals surface area contributed by atoms with Crippen LogP contribution in [0.1, 0.15) is 24.0 Å². The first-order valence-corrected chi connectivity index (χ1v) is 19.9. The van der Waals surface area contributed by atoms with E-state index >= 15 is 0 Å². The molecule has 0 bridgehead atoms. The maximum atomic E-state index is 11.2. The number of aliphatic carboxylic acids is 1. The van der Waals surface area contributed by atoms with E-state index in [4.69, 9.17) is 41.9 Å². The van der Waals surface area contributed by atoms with Crippen LogP contribution in [0, 0.1) is 0 Å². The van der Waals surface area contributed by atoms with E-state index in [1.807, 2.05) is 12.3 Å². The van der Waals surface area contributed by atoms with Gasteiger partial charge in [-0.25, -0.2) is 9.13 Å². The number of nitrogens with two attached hydrogens (primary N) is 3. The molecule has 4 rings (SSSR count). The van der Waals surface area contributed by atoms with Gasteiger partial charge in [-0.05, 0) is 76.1 Å². The van der Waals surface area contributed by atoms with Crippen LogP contribution in [0.15, 0.2) is 60.9 Å². The Morgan fingerprint density at radius 1 is 0.800 bits per heavy atom. The predicted molar refractivity (Wildman–Crippen MR) is 205 cm³/mol. The lowest BCUT2D eigenvalue weighted by Crippen LogP contribution is -2.45. The molecule has 0 amide bonds. The van der Waals surface area contributed by atoms with Crippen molar-refractivity contribution in [2.45, 2.75) is 50.0 Å². The smallest absolute Gasteiger partial charge is 0.470 e. The van der Waals surface area contributed by atoms with Crippen LogP contribution in [0.25, 0.3) is 21.8 Å². The third-order valence-electron chi connectivity index (χ3n) is 7.46. The van der Waals surface area contributed by atoms with Gasteiger partial charge in [-0.15, -0.1) is 0 Å². The standard InChI is InChI=1S/C12H16N2.C10H12N2.C6H14O12P2.C5H12N2O2/c1-14(2)8-7-10-9-13-12-6-4-3-5-11(10)12;11-6-5-8-7-12-10-4-2-1-3-9(8)10;7-3(1-17-19(11,12)13)5(9)6(10)4(8)2-18-20(14,15)16;6-3-1-2-4(7)5(8)9/h3-6,9,13H,7-8H2,1-2H3;1-4,7,12H,5-6,11H2;3,5-7,9-10H,1-2H2,(H2,11,12,13)(H2,14,15,16);4H,1-3,6-7H2,(H,8,9)/t;;3-,5-,6-;/m..1./s1. The van der Waals surface area contributed by atoms with Crippen molar-refractivity contribution in [2.24, 2.45) is 17.2 Å². The zero-order chi connectivity index (χ0) is 41.8. The molecule has 0 aliphatic carbocycles. The molecule has 0 aliphatic heterocycles. The number of carbonyl (C=O) groups excluding carboxylic acids is 1. The van der Waals surface area contributed by atoms with E-state index in [9.17, 15) is 34.0 Å². The van der Waals surface area contributed by atoms with Crippen LogP contribution in [0.3, 0.4) is 0 Å². The Kier molecular flexibility index (Phi) is 22.5. The minimum absolute atomic E-state index is 0.464. The quantitative estimate of drug-likeness (QED) is 0.0584. The molecule has 0 radical (unpaired) electrons. The highest BCUT2D eigenvalue weighted by atomic mass is 31.2. The molecular formula is C33H54N6O14P2. The predicted octanol–water partition coefficient (Wildman–Crippen LogP) is -0.0649. The van der Waals surface area contributed by atoms with Crippen LogP contribution < -0.4 is 17.2 Å². The molecule has 310 valence electrons. The summed E-state index contributed by atoms with van der Waals surface area (Å²) in [7, 11) is -5.65. The normalized spacial score (nSPS) is 13.8. The summed E-state index contributed by atoms with van der Waals surface area (Å²) in [6.07, 6.45) is 0.828. The Bertz CT molecular complexity index is 1810. The number of carboxylic acid groups (broad SMARTS) is 1. The summed E-state index contributed by atoms with van der Waals surface area (Å²) < 4.78 is 28.2. The minimum Gasteiger partial charge on any atom is -0.480 e. The Labute approximate surface area is 317 Å². The summed E-state index contributed by atoms with van der Waals surface area (Å²) >= 11 is 0. The number of likely N-dealkylation sites (N-methyl/N-ethyl adjacent to an activating group) is 1. The van der Waals surface area contributed by atoms with Gasteiger partial charge in [-0.3, -0.25) is 18.6 Å². The second kappa shape index (κ2) is 25.0. The third kappa shape index (κ3) is 20.4. The van der Waals surface area contributed by atoms with E-state index in [0.717, 1.165) is 19.4 Å². The number of carboxylic acids is 1. The Morgan fingerprint density at radius 3 is 1.73 bits per heavy atom. The molecule has 0 aliphatic rings. The number of Topliss-reactive ketones (excluding diaryl/α,β-unsaturated/α-hetero) is 1. The maximum Gasteiger partial charge on any atom is 0.470 e. The van der Waals surface area contributed by atoms with Crippen LogP contribution in [0.4, 0.5) is 0 Å². The number of nitrogens with zero attached hydrogens (tertiary/aromatic N) is 1. The van der Waals surface area contributed by atoms with Gasteiger partial charge in [0.1, 0.15) is 31.0 Å². The topological polar surface area (TPSA) is 361 Å². The summed E-state index contributed by atoms with van der Waals surface area (Å²) in [6, 6.07) is 16.0. The van der Waals surface area contributed by atoms with Crippen molar-refractivity contribution in [3.8, 4) is 0 Å². The summed E-state index contributed by atoms with van der Waals surface area (Å²) in [5.41, 5.74) is 20.9. The number of benzene rings is 2. The highest BCUT2D eigenvalue weighted by Gasteiger charge is 2.33. The van der Waals surface area contributed by atoms with Crippen molar-refractivity contribution in [1.82, 2.24) is 14.9 Å². The number of para-hydroxylation sites is 2. The zero-order valence-electron chi connectivity index (χ0n) is 30.5. The van der Waals surface area contributed by atoms with Crippen LogP contribution in [-0.2, 0) is 40.6 Å². The summed E-state index contributed by atoms with van der Waals surface area (Å²) in [4.78, 5) is 63.2. The fraction of sp³-hybridized carbons (Fsp3) is 0.455. The lowest BCUT2D eigenvalue weighted by molar-refractivity contribution is -0.142. The third-order valence-corrected chi connectivity index (χ3v) is 8.42. The average molecular weight is 821 g/mol. The van der Waals surface area contributed by atoms with E-state index < -0.39 is 65.0 Å². The van der Waals surface area contributed by atoms with E-state index in [-0.39, 0.29) is 0 Å². The van der Waals surface area contributed by atoms with Crippen molar-refractivity contribution in [3.05, 3.63) is 72.1 Å². The number of phosphoric acid groups is 2. The van der Waals surface area contributed by atoms with Crippen molar-refractivity contribution in [1.29, 1.82) is 0 Å². The molecule has 2 heterocycles. The van der Waals surface area contributed by atoms with Gasteiger partial charge in [0.2, 0.25) is 0 Å². The molecule has 0 fully saturated rings. The molecule has 4 aromatic rings. The summed E-state index contributed by atoms with van der Waals surface area (Å²) in [5, 5.41) is 38.6. The van der Waals surface area contributed by atoms with Crippen LogP contribution in [0.2, 0.25) is 0 Å². The maximum absolute atomic E-state index is 11.2. The number of fused-ring (bicyclic) bond motifs is 2. The number of ketones is 1. The highest BCUT2D eigenvalue weighted by Crippen LogP contribution is 2.36. The van der Waals surface area contributed by atoms with Gasteiger partial charge in [0.05, 0.1) is 6.61 Å². The van der Waals surface area contributed by atoms with Gasteiger partial charge in [-0.2, -0.15) is 0 Å². The number of hydrogen-bond acceptors (Lipinski definition) is 13. The molecule has 0 saturated heterocycles. The molecule has 16 N–H and O–H groups in total. The summed E-state index contributed by atoms with van der Waals surface area (Å²) in [6.45, 7) is -0.0195. The SMILES string of the molecule is CN(C)CCc1c[nH]c2ccccc12.NCCCC(N)C(=O)O.NCCc1c[nH]c2ccccc12.O=C(COP(=O)(O)O)[C@@H](O)[C@H](O)[C@H](O)COP(=O)(O)O. The lowest BCUT2D eigenvalue weighted by Gasteiger charge is -2.22. The Balaban J connectivity index is 0.000000381. The van der Waals surface area contributed by atoms with Gasteiger partial charge in [0.25, 0.3) is 0 Å². The first kappa shape index (κ1) is 49.6. The highest BCUT2D eigenvalue weighted by molar-refractivity contribution is 7.46. The molecule has 0 spiro atoms. The number of carbonyl (C=O) groups is 2. The van der Waals surface area contributed by atoms with E-state index in [0.29, 0.717) is 25.9 Å². The van der Waals surface area contributed by atoms with Crippen LogP contribution in [0.5, 0.6) is 0 Å². The van der Waals surface area contributed by atoms with Crippen molar-refractivity contribution >= 4 is 49.2 Å². The van der Waals surface area contributed by atoms with Gasteiger partial charge < -0.3 is 72.1 Å². The number of aromatic amines is 2. The number of rotatable bonds is 18. The summed E-state index contributed by atoms with van der Waals surface area (Å²) in [5.74, 6) is -2.32. The Morgan fingerprint density at radius 2 is 1.29 bits per heavy atom. The first-order valence-electron chi connectivity index (χ1n) is 16.8. The average Bonchev–Trinajstić information content (AvgIpc) is 3.74. The molecule has 55 heavy (non-hydrogen) atoms. The molecule has 4 atom stereocenters. The number of nitrogens with one attached hydrogen (secondary N) is 2. The van der Waals surface area contributed by atoms with Gasteiger partial charge in [0.15, 0.2) is 5.78 Å². The van der Waals surface area contributed by atoms with Crippen molar-refractivity contribution < 1.29 is 67.8 Å². The fourth-order valence-corrected chi connectivity index (χ4v) is 5.19. The number of aromatic nitrogens is 2. The molecule has 2 aromatic carbocycles. The molecule has 20 nitrogen and oxygen atoms in total. The zero-order valence-corrected chi connectivity index (χ0v) is 32.3. The van der Waals surface area contributed by atoms with E-state index in [1.165, 1.54) is 32.9 Å². The second-order valence-electron chi connectivity index (χ2n) is 12.2. The number of phosphoric ester groups is 2.